The van der Waals surface area contributed by atoms with Crippen molar-refractivity contribution in [2.24, 2.45) is 5.92 Å². The number of nitrogens with one attached hydrogen (secondary N) is 1. The number of carbonyl (C=O) groups excluding carboxylic acids is 1. The van der Waals surface area contributed by atoms with Crippen molar-refractivity contribution in [3.63, 3.8) is 0 Å². The molecule has 0 bridgehead atoms. The van der Waals surface area contributed by atoms with Crippen LogP contribution in [0.25, 0.3) is 0 Å². The Balaban J connectivity index is 2.61. The van der Waals surface area contributed by atoms with Gasteiger partial charge in [0.15, 0.2) is 0 Å². The first kappa shape index (κ1) is 16.4. The van der Waals surface area contributed by atoms with Crippen LogP contribution < -0.4 is 10.9 Å². The first-order chi connectivity index (χ1) is 9.38. The van der Waals surface area contributed by atoms with Crippen molar-refractivity contribution in [2.45, 2.75) is 32.9 Å². The Morgan fingerprint density at radius 3 is 2.60 bits per heavy atom. The summed E-state index contributed by atoms with van der Waals surface area (Å²) in [6, 6.07) is 4.99. The molecule has 1 rings (SSSR count). The maximum atomic E-state index is 12.0. The molecule has 112 valence electrons. The SMILES string of the molecule is CC(C)CC(CN(C)C)NC(=O)Cn1ccccc1=O. The lowest BCUT2D eigenvalue weighted by molar-refractivity contribution is -0.122. The normalized spacial score (nSPS) is 12.7. The first-order valence-electron chi connectivity index (χ1n) is 6.98. The Kier molecular flexibility index (Phi) is 6.45. The molecule has 20 heavy (non-hydrogen) atoms. The van der Waals surface area contributed by atoms with E-state index in [1.54, 1.807) is 18.3 Å². The van der Waals surface area contributed by atoms with E-state index in [0.29, 0.717) is 5.92 Å². The largest absolute Gasteiger partial charge is 0.351 e. The molecule has 0 aliphatic heterocycles. The maximum Gasteiger partial charge on any atom is 0.250 e. The van der Waals surface area contributed by atoms with Crippen LogP contribution in [0.15, 0.2) is 29.2 Å². The Morgan fingerprint density at radius 1 is 1.35 bits per heavy atom. The molecule has 1 amide bonds. The molecular weight excluding hydrogens is 254 g/mol. The zero-order valence-corrected chi connectivity index (χ0v) is 12.8. The number of carbonyl (C=O) groups is 1. The van der Waals surface area contributed by atoms with Gasteiger partial charge in [0.05, 0.1) is 0 Å². The second-order valence-corrected chi connectivity index (χ2v) is 5.82. The van der Waals surface area contributed by atoms with Crippen LogP contribution in [0.2, 0.25) is 0 Å². The topological polar surface area (TPSA) is 54.3 Å². The Hall–Kier alpha value is -1.62. The average molecular weight is 279 g/mol. The van der Waals surface area contributed by atoms with Crippen LogP contribution >= 0.6 is 0 Å². The molecule has 0 aliphatic carbocycles. The number of nitrogens with zero attached hydrogens (tertiary/aromatic N) is 2. The Labute approximate surface area is 120 Å². The summed E-state index contributed by atoms with van der Waals surface area (Å²) in [6.07, 6.45) is 2.55. The summed E-state index contributed by atoms with van der Waals surface area (Å²) in [5.74, 6) is 0.394. The van der Waals surface area contributed by atoms with Gasteiger partial charge in [0.25, 0.3) is 5.56 Å². The van der Waals surface area contributed by atoms with Gasteiger partial charge in [-0.2, -0.15) is 0 Å². The lowest BCUT2D eigenvalue weighted by atomic mass is 10.0. The standard InChI is InChI=1S/C15H25N3O2/c1-12(2)9-13(10-17(3)4)16-14(19)11-18-8-6-5-7-15(18)20/h5-8,12-13H,9-11H2,1-4H3,(H,16,19). The van der Waals surface area contributed by atoms with Gasteiger partial charge in [-0.3, -0.25) is 9.59 Å². The van der Waals surface area contributed by atoms with E-state index in [1.807, 2.05) is 14.1 Å². The fraction of sp³-hybridized carbons (Fsp3) is 0.600. The number of hydrogen-bond acceptors (Lipinski definition) is 3. The minimum atomic E-state index is -0.157. The van der Waals surface area contributed by atoms with Crippen molar-refractivity contribution in [2.75, 3.05) is 20.6 Å². The van der Waals surface area contributed by atoms with Crippen LogP contribution in [-0.2, 0) is 11.3 Å². The van der Waals surface area contributed by atoms with Crippen molar-refractivity contribution in [3.05, 3.63) is 34.7 Å². The second kappa shape index (κ2) is 7.85. The molecule has 0 radical (unpaired) electrons. The third-order valence-corrected chi connectivity index (χ3v) is 2.92. The molecule has 0 spiro atoms. The van der Waals surface area contributed by atoms with Crippen LogP contribution in [0.1, 0.15) is 20.3 Å². The number of hydrogen-bond donors (Lipinski definition) is 1. The molecule has 5 heteroatoms. The highest BCUT2D eigenvalue weighted by atomic mass is 16.2. The number of amides is 1. The van der Waals surface area contributed by atoms with E-state index < -0.39 is 0 Å². The van der Waals surface area contributed by atoms with E-state index in [0.717, 1.165) is 13.0 Å². The van der Waals surface area contributed by atoms with E-state index in [9.17, 15) is 9.59 Å². The Bertz CT molecular complexity index is 470. The first-order valence-corrected chi connectivity index (χ1v) is 6.98. The Morgan fingerprint density at radius 2 is 2.05 bits per heavy atom. The molecule has 0 saturated heterocycles. The van der Waals surface area contributed by atoms with Gasteiger partial charge in [-0.15, -0.1) is 0 Å². The molecule has 0 saturated carbocycles. The van der Waals surface area contributed by atoms with Gasteiger partial charge >= 0.3 is 0 Å². The number of likely N-dealkylation sites (N-methyl/N-ethyl adjacent to an activating group) is 1. The predicted octanol–water partition coefficient (Wildman–Crippen LogP) is 0.941. The molecule has 0 aliphatic rings. The monoisotopic (exact) mass is 279 g/mol. The van der Waals surface area contributed by atoms with E-state index in [2.05, 4.69) is 24.1 Å². The van der Waals surface area contributed by atoms with Gasteiger partial charge in [-0.25, -0.2) is 0 Å². The van der Waals surface area contributed by atoms with Crippen molar-refractivity contribution in [1.82, 2.24) is 14.8 Å². The smallest absolute Gasteiger partial charge is 0.250 e. The highest BCUT2D eigenvalue weighted by Gasteiger charge is 2.15. The molecule has 1 aromatic rings. The van der Waals surface area contributed by atoms with Gasteiger partial charge in [-0.05, 0) is 32.5 Å². The van der Waals surface area contributed by atoms with E-state index in [-0.39, 0.29) is 24.1 Å². The zero-order chi connectivity index (χ0) is 15.1. The zero-order valence-electron chi connectivity index (χ0n) is 12.8. The van der Waals surface area contributed by atoms with Crippen molar-refractivity contribution >= 4 is 5.91 Å². The second-order valence-electron chi connectivity index (χ2n) is 5.82. The lowest BCUT2D eigenvalue weighted by Crippen LogP contribution is -2.44. The molecule has 1 N–H and O–H groups in total. The highest BCUT2D eigenvalue weighted by Crippen LogP contribution is 2.05. The van der Waals surface area contributed by atoms with Gasteiger partial charge in [0, 0.05) is 24.8 Å². The summed E-state index contributed by atoms with van der Waals surface area (Å²) >= 11 is 0. The molecule has 5 nitrogen and oxygen atoms in total. The number of pyridine rings is 1. The summed E-state index contributed by atoms with van der Waals surface area (Å²) in [6.45, 7) is 5.14. The summed E-state index contributed by atoms with van der Waals surface area (Å²) in [5.41, 5.74) is -0.157. The number of rotatable bonds is 7. The minimum absolute atomic E-state index is 0.0711. The molecular formula is C15H25N3O2. The van der Waals surface area contributed by atoms with Crippen LogP contribution in [-0.4, -0.2) is 42.1 Å². The van der Waals surface area contributed by atoms with E-state index in [1.165, 1.54) is 10.6 Å². The van der Waals surface area contributed by atoms with Gasteiger partial charge in [-0.1, -0.05) is 19.9 Å². The molecule has 0 aromatic carbocycles. The van der Waals surface area contributed by atoms with Gasteiger partial charge < -0.3 is 14.8 Å². The summed E-state index contributed by atoms with van der Waals surface area (Å²) in [4.78, 5) is 25.7. The minimum Gasteiger partial charge on any atom is -0.351 e. The summed E-state index contributed by atoms with van der Waals surface area (Å²) < 4.78 is 1.41. The van der Waals surface area contributed by atoms with E-state index >= 15 is 0 Å². The summed E-state index contributed by atoms with van der Waals surface area (Å²) in [5, 5.41) is 3.02. The van der Waals surface area contributed by atoms with Gasteiger partial charge in [0.2, 0.25) is 5.91 Å². The van der Waals surface area contributed by atoms with Crippen molar-refractivity contribution < 1.29 is 4.79 Å². The maximum absolute atomic E-state index is 12.0. The fourth-order valence-electron chi connectivity index (χ4n) is 2.21. The third-order valence-electron chi connectivity index (χ3n) is 2.92. The van der Waals surface area contributed by atoms with Crippen molar-refractivity contribution in [1.29, 1.82) is 0 Å². The summed E-state index contributed by atoms with van der Waals surface area (Å²) in [7, 11) is 3.97. The molecule has 0 fully saturated rings. The van der Waals surface area contributed by atoms with Crippen molar-refractivity contribution in [3.8, 4) is 0 Å². The quantitative estimate of drug-likeness (QED) is 0.808. The van der Waals surface area contributed by atoms with Crippen LogP contribution in [0.3, 0.4) is 0 Å². The lowest BCUT2D eigenvalue weighted by Gasteiger charge is -2.24. The van der Waals surface area contributed by atoms with Crippen LogP contribution in [0.5, 0.6) is 0 Å². The number of aromatic nitrogens is 1. The molecule has 1 heterocycles. The molecule has 1 unspecified atom stereocenters. The van der Waals surface area contributed by atoms with Gasteiger partial charge in [0.1, 0.15) is 6.54 Å². The highest BCUT2D eigenvalue weighted by molar-refractivity contribution is 5.76. The fourth-order valence-corrected chi connectivity index (χ4v) is 2.21. The van der Waals surface area contributed by atoms with E-state index in [4.69, 9.17) is 0 Å². The predicted molar refractivity (Wildman–Crippen MR) is 80.6 cm³/mol. The van der Waals surface area contributed by atoms with Crippen LogP contribution in [0.4, 0.5) is 0 Å². The average Bonchev–Trinajstić information content (AvgIpc) is 2.30. The molecule has 1 aromatic heterocycles. The molecule has 1 atom stereocenters. The van der Waals surface area contributed by atoms with Crippen LogP contribution in [0, 0.1) is 5.92 Å². The third kappa shape index (κ3) is 6.02.